The number of hydrazone groups is 1. The molecule has 1 aliphatic carbocycles. The molecule has 91 heavy (non-hydrogen) atoms. The first-order chi connectivity index (χ1) is 43.7. The molecule has 0 saturated carbocycles. The summed E-state index contributed by atoms with van der Waals surface area (Å²) in [5.74, 6) is 2.87. The van der Waals surface area contributed by atoms with Crippen molar-refractivity contribution in [3.63, 3.8) is 0 Å². The van der Waals surface area contributed by atoms with Gasteiger partial charge in [0, 0.05) is 69.1 Å². The number of para-hydroxylation sites is 3. The molecule has 0 spiro atoms. The number of nitrogens with two attached hydrogens (primary N) is 2. The van der Waals surface area contributed by atoms with Gasteiger partial charge >= 0.3 is 0 Å². The van der Waals surface area contributed by atoms with E-state index in [1.807, 2.05) is 136 Å². The molecular formula is C72H70N14O5. The van der Waals surface area contributed by atoms with E-state index in [0.29, 0.717) is 45.6 Å². The van der Waals surface area contributed by atoms with E-state index in [1.165, 1.54) is 10.6 Å². The number of aromatic nitrogens is 4. The molecule has 12 rings (SSSR count). The normalized spacial score (nSPS) is 13.9. The van der Waals surface area contributed by atoms with E-state index in [2.05, 4.69) is 79.9 Å². The molecule has 9 aromatic rings. The van der Waals surface area contributed by atoms with Gasteiger partial charge in [0.2, 0.25) is 5.82 Å². The van der Waals surface area contributed by atoms with Gasteiger partial charge in [-0.1, -0.05) is 136 Å². The summed E-state index contributed by atoms with van der Waals surface area (Å²) in [6.45, 7) is 16.6. The smallest absolute Gasteiger partial charge is 0.283 e. The lowest BCUT2D eigenvalue weighted by Crippen LogP contribution is -2.27. The van der Waals surface area contributed by atoms with E-state index < -0.39 is 0 Å². The molecule has 4 heterocycles. The molecule has 7 aromatic carbocycles. The number of nitriles is 1. The van der Waals surface area contributed by atoms with Crippen LogP contribution in [0, 0.1) is 30.6 Å². The summed E-state index contributed by atoms with van der Waals surface area (Å²) in [4.78, 5) is 55.5. The zero-order chi connectivity index (χ0) is 64.8. The van der Waals surface area contributed by atoms with Gasteiger partial charge in [0.25, 0.3) is 5.91 Å². The second-order valence-corrected chi connectivity index (χ2v) is 23.0. The van der Waals surface area contributed by atoms with Crippen LogP contribution in [0.3, 0.4) is 0 Å². The average Bonchev–Trinajstić information content (AvgIpc) is 1.53. The molecular weight excluding hydrogens is 1140 g/mol. The van der Waals surface area contributed by atoms with E-state index in [4.69, 9.17) is 36.0 Å². The van der Waals surface area contributed by atoms with Crippen LogP contribution >= 0.6 is 0 Å². The summed E-state index contributed by atoms with van der Waals surface area (Å²) in [7, 11) is 7.52. The molecule has 0 unspecified atom stereocenters. The van der Waals surface area contributed by atoms with Gasteiger partial charge in [-0.3, -0.25) is 14.4 Å². The summed E-state index contributed by atoms with van der Waals surface area (Å²) in [6.07, 6.45) is 0. The van der Waals surface area contributed by atoms with E-state index in [0.717, 1.165) is 58.8 Å². The first-order valence-electron chi connectivity index (χ1n) is 29.6. The van der Waals surface area contributed by atoms with Crippen molar-refractivity contribution in [1.82, 2.24) is 24.8 Å². The molecule has 1 amide bonds. The number of nitrogens with zero attached hydrogens (tertiary/aromatic N) is 12. The standard InChI is InChI=1S/C26H18N2O4.C25H31N7.C21H21N5O/c27-21-19-20(24(30)18-14-8-7-13-17(18)23(19)29)22(28)26(32-16-11-5-2-6-12-16)25(21)31-15-9-3-1-4-10-15;1-8-31(9-2)20-14-13-19(17(4)26-20)27-21-22(25(5,6)7)30-32-23(28-29-24(21)32)18-12-10-11-16(3)15-18;1-24(2)16-12-10-15(11-13-16)18(14-22)19-20(25(3)4)23-26(21(19)27)17-8-6-5-7-9-17/h1-14H,27-28H2;10-15H,8-9H2,1-7H3;5-13H,1-4H3/b;;19-18-. The van der Waals surface area contributed by atoms with Gasteiger partial charge in [-0.25, -0.2) is 9.98 Å². The van der Waals surface area contributed by atoms with E-state index in [-0.39, 0.29) is 68.0 Å². The highest BCUT2D eigenvalue weighted by Gasteiger charge is 2.39. The van der Waals surface area contributed by atoms with Gasteiger partial charge < -0.3 is 35.6 Å². The van der Waals surface area contributed by atoms with Gasteiger partial charge in [0.15, 0.2) is 34.7 Å². The number of pyridine rings is 1. The minimum atomic E-state index is -0.386. The Morgan fingerprint density at radius 3 is 1.67 bits per heavy atom. The lowest BCUT2D eigenvalue weighted by Gasteiger charge is -2.25. The van der Waals surface area contributed by atoms with Crippen LogP contribution in [0.25, 0.3) is 17.0 Å². The number of carbonyl (C=O) groups is 3. The van der Waals surface area contributed by atoms with Crippen molar-refractivity contribution in [3.05, 3.63) is 226 Å². The van der Waals surface area contributed by atoms with Crippen LogP contribution < -0.4 is 35.7 Å². The van der Waals surface area contributed by atoms with Crippen LogP contribution in [0.1, 0.15) is 89.1 Å². The highest BCUT2D eigenvalue weighted by atomic mass is 16.5. The number of anilines is 5. The number of aliphatic imine (C=N–C) groups is 1. The summed E-state index contributed by atoms with van der Waals surface area (Å²) in [5.41, 5.74) is 21.8. The maximum atomic E-state index is 13.3. The second kappa shape index (κ2) is 26.4. The number of hydrogen-bond acceptors (Lipinski definition) is 17. The monoisotopic (exact) mass is 1210 g/mol. The molecule has 2 aromatic heterocycles. The fourth-order valence-corrected chi connectivity index (χ4v) is 10.5. The molecule has 2 aliphatic heterocycles. The number of aryl methyl sites for hydroxylation is 2. The molecule has 0 saturated heterocycles. The van der Waals surface area contributed by atoms with Gasteiger partial charge in [-0.15, -0.1) is 15.3 Å². The van der Waals surface area contributed by atoms with Crippen molar-refractivity contribution in [3.8, 4) is 40.5 Å². The Morgan fingerprint density at radius 1 is 0.637 bits per heavy atom. The molecule has 458 valence electrons. The Kier molecular flexibility index (Phi) is 18.2. The predicted molar refractivity (Wildman–Crippen MR) is 361 cm³/mol. The molecule has 19 heteroatoms. The van der Waals surface area contributed by atoms with Crippen LogP contribution in [0.5, 0.6) is 23.0 Å². The van der Waals surface area contributed by atoms with Crippen molar-refractivity contribution < 1.29 is 23.9 Å². The fourth-order valence-electron chi connectivity index (χ4n) is 10.5. The third-order valence-corrected chi connectivity index (χ3v) is 15.2. The van der Waals surface area contributed by atoms with Crippen molar-refractivity contribution in [1.29, 1.82) is 5.26 Å². The number of carbonyl (C=O) groups excluding carboxylic acids is 3. The van der Waals surface area contributed by atoms with E-state index >= 15 is 0 Å². The Balaban J connectivity index is 0.000000151. The Morgan fingerprint density at radius 2 is 1.18 bits per heavy atom. The Hall–Kier alpha value is -11.5. The number of benzene rings is 7. The number of ketones is 2. The SMILES string of the molecule is CCN(CC)c1ccc(N=C2C(C(C)(C)C)=Nn3c2nnc3-c2cccc(C)c2)c(C)n1.CN(C)C1=NN(c2ccccc2)C(=O)/C1=C(/C#N)c1ccc(N(C)C)cc1.Nc1c(Oc2ccccc2)c(Oc2ccccc2)c(N)c2c1C(=O)c1ccccc1C2=O. The minimum absolute atomic E-state index is 0.00293. The lowest BCUT2D eigenvalue weighted by molar-refractivity contribution is -0.114. The number of ether oxygens (including phenoxy) is 2. The zero-order valence-electron chi connectivity index (χ0n) is 52.7. The van der Waals surface area contributed by atoms with Gasteiger partial charge in [-0.2, -0.15) is 20.0 Å². The van der Waals surface area contributed by atoms with Gasteiger partial charge in [0.1, 0.15) is 34.7 Å². The first-order valence-corrected chi connectivity index (χ1v) is 29.6. The topological polar surface area (TPSA) is 239 Å². The van der Waals surface area contributed by atoms with E-state index in [1.54, 1.807) is 77.7 Å². The number of rotatable bonds is 12. The number of hydrogen-bond donors (Lipinski definition) is 2. The van der Waals surface area contributed by atoms with Crippen molar-refractivity contribution in [2.75, 3.05) is 67.6 Å². The van der Waals surface area contributed by atoms with Crippen molar-refractivity contribution in [2.24, 2.45) is 20.6 Å². The molecule has 0 radical (unpaired) electrons. The van der Waals surface area contributed by atoms with Crippen LogP contribution in [-0.2, 0) is 4.79 Å². The number of amidine groups is 1. The van der Waals surface area contributed by atoms with Gasteiger partial charge in [0.05, 0.1) is 50.9 Å². The van der Waals surface area contributed by atoms with Crippen LogP contribution in [0.15, 0.2) is 197 Å². The third kappa shape index (κ3) is 12.8. The number of fused-ring (bicyclic) bond motifs is 3. The first kappa shape index (κ1) is 62.5. The third-order valence-electron chi connectivity index (χ3n) is 15.2. The molecule has 3 aliphatic rings. The molecule has 0 atom stereocenters. The number of allylic oxidation sites excluding steroid dienone is 1. The summed E-state index contributed by atoms with van der Waals surface area (Å²) in [5, 5.41) is 29.5. The number of likely N-dealkylation sites (N-methyl/N-ethyl adjacent to an activating group) is 1. The average molecular weight is 1210 g/mol. The highest BCUT2D eigenvalue weighted by Crippen LogP contribution is 2.50. The van der Waals surface area contributed by atoms with Crippen LogP contribution in [0.4, 0.5) is 34.3 Å². The maximum Gasteiger partial charge on any atom is 0.283 e. The maximum absolute atomic E-state index is 13.3. The molecule has 4 N–H and O–H groups in total. The lowest BCUT2D eigenvalue weighted by atomic mass is 9.82. The Labute approximate surface area is 529 Å². The van der Waals surface area contributed by atoms with Crippen LogP contribution in [-0.4, -0.2) is 101 Å². The summed E-state index contributed by atoms with van der Waals surface area (Å²) < 4.78 is 13.9. The zero-order valence-corrected chi connectivity index (χ0v) is 52.7. The Bertz CT molecular complexity index is 4320. The minimum Gasteiger partial charge on any atom is -0.451 e. The molecule has 19 nitrogen and oxygen atoms in total. The largest absolute Gasteiger partial charge is 0.451 e. The van der Waals surface area contributed by atoms with Crippen molar-refractivity contribution in [2.45, 2.75) is 48.5 Å². The summed E-state index contributed by atoms with van der Waals surface area (Å²) >= 11 is 0. The van der Waals surface area contributed by atoms with E-state index in [9.17, 15) is 19.6 Å². The fraction of sp³-hybridized carbons (Fsp3) is 0.194. The second-order valence-electron chi connectivity index (χ2n) is 23.0. The predicted octanol–water partition coefficient (Wildman–Crippen LogP) is 13.4. The van der Waals surface area contributed by atoms with Gasteiger partial charge in [-0.05, 0) is 100.0 Å². The number of amides is 1. The summed E-state index contributed by atoms with van der Waals surface area (Å²) in [6, 6.07) is 55.7. The highest BCUT2D eigenvalue weighted by molar-refractivity contribution is 6.50. The number of nitrogen functional groups attached to an aromatic ring is 2. The molecule has 0 fully saturated rings. The van der Waals surface area contributed by atoms with Crippen LogP contribution in [0.2, 0.25) is 0 Å². The molecule has 0 bridgehead atoms. The quantitative estimate of drug-likeness (QED) is 0.0657. The van der Waals surface area contributed by atoms with Crippen molar-refractivity contribution >= 4 is 74.6 Å².